The molecule has 0 spiro atoms. The van der Waals surface area contributed by atoms with Gasteiger partial charge in [-0.05, 0) is 41.9 Å². The van der Waals surface area contributed by atoms with Crippen LogP contribution in [0.5, 0.6) is 0 Å². The van der Waals surface area contributed by atoms with Gasteiger partial charge in [0.25, 0.3) is 0 Å². The number of esters is 1. The molecule has 4 heteroatoms. The average molecular weight is 423 g/mol. The molecule has 0 saturated heterocycles. The van der Waals surface area contributed by atoms with E-state index >= 15 is 0 Å². The lowest BCUT2D eigenvalue weighted by Crippen LogP contribution is -2.28. The summed E-state index contributed by atoms with van der Waals surface area (Å²) in [6, 6.07) is 14.7. The SMILES string of the molecule is C.COC(=O)c1sc(-c2ccccc2)cc1-c1c[n+](C)ccc1C1CCC(C)CC1. The zero-order valence-corrected chi connectivity index (χ0v) is 18.2. The lowest BCUT2D eigenvalue weighted by atomic mass is 9.78. The van der Waals surface area contributed by atoms with Crippen molar-refractivity contribution in [1.82, 2.24) is 0 Å². The summed E-state index contributed by atoms with van der Waals surface area (Å²) in [4.78, 5) is 14.4. The Hall–Kier alpha value is -2.46. The minimum atomic E-state index is -0.262. The largest absolute Gasteiger partial charge is 0.465 e. The molecule has 0 N–H and O–H groups in total. The van der Waals surface area contributed by atoms with Gasteiger partial charge in [-0.3, -0.25) is 0 Å². The summed E-state index contributed by atoms with van der Waals surface area (Å²) in [7, 11) is 3.50. The van der Waals surface area contributed by atoms with E-state index in [1.54, 1.807) is 0 Å². The standard InChI is InChI=1S/C25H28NO2S.CH4/c1-17-9-11-18(12-10-17)20-13-14-26(2)16-22(20)21-15-23(19-7-5-4-6-8-19)29-24(21)25(27)28-3;/h4-8,13-18H,9-12H2,1-3H3;1H4/q+1;. The fourth-order valence-corrected chi connectivity index (χ4v) is 5.44. The summed E-state index contributed by atoms with van der Waals surface area (Å²) in [6.45, 7) is 2.35. The number of hydrogen-bond donors (Lipinski definition) is 0. The number of hydrogen-bond acceptors (Lipinski definition) is 3. The molecule has 3 aromatic rings. The Morgan fingerprint density at radius 1 is 1.07 bits per heavy atom. The molecule has 0 atom stereocenters. The van der Waals surface area contributed by atoms with E-state index < -0.39 is 0 Å². The van der Waals surface area contributed by atoms with Gasteiger partial charge in [-0.25, -0.2) is 9.36 Å². The van der Waals surface area contributed by atoms with Crippen LogP contribution in [0.15, 0.2) is 54.9 Å². The van der Waals surface area contributed by atoms with Gasteiger partial charge in [0, 0.05) is 16.5 Å². The van der Waals surface area contributed by atoms with Crippen LogP contribution in [0.1, 0.15) is 61.2 Å². The molecule has 0 unspecified atom stereocenters. The summed E-state index contributed by atoms with van der Waals surface area (Å²) < 4.78 is 7.22. The first-order valence-electron chi connectivity index (χ1n) is 10.3. The third-order valence-electron chi connectivity index (χ3n) is 6.04. The Balaban J connectivity index is 0.00000256. The van der Waals surface area contributed by atoms with Crippen molar-refractivity contribution >= 4 is 17.3 Å². The highest BCUT2D eigenvalue weighted by Gasteiger charge is 2.27. The van der Waals surface area contributed by atoms with Crippen molar-refractivity contribution in [1.29, 1.82) is 0 Å². The second-order valence-electron chi connectivity index (χ2n) is 8.15. The van der Waals surface area contributed by atoms with E-state index in [1.165, 1.54) is 49.7 Å². The molecule has 0 radical (unpaired) electrons. The van der Waals surface area contributed by atoms with Gasteiger partial charge in [-0.15, -0.1) is 11.3 Å². The first kappa shape index (κ1) is 22.2. The van der Waals surface area contributed by atoms with Crippen molar-refractivity contribution in [2.45, 2.75) is 46.0 Å². The number of rotatable bonds is 4. The monoisotopic (exact) mass is 422 g/mol. The fourth-order valence-electron chi connectivity index (χ4n) is 4.34. The third-order valence-corrected chi connectivity index (χ3v) is 7.20. The van der Waals surface area contributed by atoms with Crippen LogP contribution < -0.4 is 4.57 Å². The van der Waals surface area contributed by atoms with Crippen molar-refractivity contribution in [3.63, 3.8) is 0 Å². The molecular formula is C26H32NO2S+. The van der Waals surface area contributed by atoms with E-state index in [0.717, 1.165) is 27.5 Å². The predicted octanol–water partition coefficient (Wildman–Crippen LogP) is 6.62. The normalized spacial score (nSPS) is 18.5. The Bertz CT molecular complexity index is 1000. The van der Waals surface area contributed by atoms with E-state index in [4.69, 9.17) is 4.74 Å². The summed E-state index contributed by atoms with van der Waals surface area (Å²) in [5.41, 5.74) is 4.64. The number of benzene rings is 1. The number of nitrogens with zero attached hydrogens (tertiary/aromatic N) is 1. The molecule has 1 fully saturated rings. The number of pyridine rings is 1. The Kier molecular flexibility index (Phi) is 7.09. The summed E-state index contributed by atoms with van der Waals surface area (Å²) >= 11 is 1.52. The molecule has 0 amide bonds. The molecule has 1 saturated carbocycles. The highest BCUT2D eigenvalue weighted by atomic mass is 32.1. The maximum Gasteiger partial charge on any atom is 0.348 e. The average Bonchev–Trinajstić information content (AvgIpc) is 3.20. The van der Waals surface area contributed by atoms with Gasteiger partial charge >= 0.3 is 5.97 Å². The fraction of sp³-hybridized carbons (Fsp3) is 0.385. The molecule has 2 heterocycles. The van der Waals surface area contributed by atoms with Crippen LogP contribution in [0, 0.1) is 5.92 Å². The number of thiophene rings is 1. The van der Waals surface area contributed by atoms with E-state index in [9.17, 15) is 4.79 Å². The summed E-state index contributed by atoms with van der Waals surface area (Å²) in [5.74, 6) is 1.10. The van der Waals surface area contributed by atoms with Gasteiger partial charge in [0.1, 0.15) is 11.9 Å². The van der Waals surface area contributed by atoms with E-state index in [-0.39, 0.29) is 13.4 Å². The molecule has 3 nitrogen and oxygen atoms in total. The van der Waals surface area contributed by atoms with Crippen LogP contribution in [0.25, 0.3) is 21.6 Å². The molecule has 1 aliphatic rings. The number of carbonyl (C=O) groups is 1. The Labute approximate surface area is 184 Å². The molecule has 1 aromatic carbocycles. The minimum Gasteiger partial charge on any atom is -0.465 e. The van der Waals surface area contributed by atoms with Crippen molar-refractivity contribution in [2.24, 2.45) is 13.0 Å². The van der Waals surface area contributed by atoms with E-state index in [1.807, 2.05) is 25.2 Å². The molecule has 1 aliphatic carbocycles. The zero-order valence-electron chi connectivity index (χ0n) is 17.4. The lowest BCUT2D eigenvalue weighted by Gasteiger charge is -2.27. The zero-order chi connectivity index (χ0) is 20.4. The van der Waals surface area contributed by atoms with Crippen molar-refractivity contribution < 1.29 is 14.1 Å². The van der Waals surface area contributed by atoms with Crippen LogP contribution in [-0.2, 0) is 11.8 Å². The van der Waals surface area contributed by atoms with Gasteiger partial charge in [-0.1, -0.05) is 57.5 Å². The van der Waals surface area contributed by atoms with Gasteiger partial charge in [0.2, 0.25) is 0 Å². The number of aryl methyl sites for hydroxylation is 1. The molecule has 158 valence electrons. The van der Waals surface area contributed by atoms with E-state index in [2.05, 4.69) is 48.1 Å². The summed E-state index contributed by atoms with van der Waals surface area (Å²) in [5, 5.41) is 0. The molecule has 0 bridgehead atoms. The van der Waals surface area contributed by atoms with Gasteiger partial charge < -0.3 is 4.74 Å². The topological polar surface area (TPSA) is 30.2 Å². The van der Waals surface area contributed by atoms with Gasteiger partial charge in [0.15, 0.2) is 12.4 Å². The Morgan fingerprint density at radius 3 is 2.43 bits per heavy atom. The lowest BCUT2D eigenvalue weighted by molar-refractivity contribution is -0.671. The maximum atomic E-state index is 12.6. The molecule has 0 aliphatic heterocycles. The predicted molar refractivity (Wildman–Crippen MR) is 125 cm³/mol. The summed E-state index contributed by atoms with van der Waals surface area (Å²) in [6.07, 6.45) is 9.26. The van der Waals surface area contributed by atoms with Crippen LogP contribution >= 0.6 is 11.3 Å². The highest BCUT2D eigenvalue weighted by molar-refractivity contribution is 7.17. The van der Waals surface area contributed by atoms with Gasteiger partial charge in [-0.2, -0.15) is 0 Å². The Morgan fingerprint density at radius 2 is 1.77 bits per heavy atom. The minimum absolute atomic E-state index is 0. The second-order valence-corrected chi connectivity index (χ2v) is 9.20. The van der Waals surface area contributed by atoms with Crippen LogP contribution in [-0.4, -0.2) is 13.1 Å². The molecule has 4 rings (SSSR count). The van der Waals surface area contributed by atoms with Gasteiger partial charge in [0.05, 0.1) is 12.7 Å². The van der Waals surface area contributed by atoms with Crippen LogP contribution in [0.3, 0.4) is 0 Å². The molecular weight excluding hydrogens is 390 g/mol. The first-order valence-corrected chi connectivity index (χ1v) is 11.2. The van der Waals surface area contributed by atoms with Crippen LogP contribution in [0.4, 0.5) is 0 Å². The quantitative estimate of drug-likeness (QED) is 0.349. The number of methoxy groups -OCH3 is 1. The van der Waals surface area contributed by atoms with Crippen LogP contribution in [0.2, 0.25) is 0 Å². The molecule has 2 aromatic heterocycles. The molecule has 30 heavy (non-hydrogen) atoms. The van der Waals surface area contributed by atoms with Crippen molar-refractivity contribution in [2.75, 3.05) is 7.11 Å². The number of aromatic nitrogens is 1. The van der Waals surface area contributed by atoms with Crippen molar-refractivity contribution in [3.05, 3.63) is 65.3 Å². The van der Waals surface area contributed by atoms with Crippen molar-refractivity contribution in [3.8, 4) is 21.6 Å². The smallest absolute Gasteiger partial charge is 0.348 e. The third kappa shape index (κ3) is 4.49. The highest BCUT2D eigenvalue weighted by Crippen LogP contribution is 2.43. The number of carbonyl (C=O) groups excluding carboxylic acids is 1. The second kappa shape index (κ2) is 9.57. The number of ether oxygens (including phenoxy) is 1. The first-order chi connectivity index (χ1) is 14.1. The maximum absolute atomic E-state index is 12.6. The van der Waals surface area contributed by atoms with E-state index in [0.29, 0.717) is 10.8 Å².